The van der Waals surface area contributed by atoms with Crippen molar-refractivity contribution in [1.82, 2.24) is 0 Å². The topological polar surface area (TPSA) is 77.5 Å². The van der Waals surface area contributed by atoms with Gasteiger partial charge in [-0.15, -0.1) is 0 Å². The van der Waals surface area contributed by atoms with Gasteiger partial charge in [0.1, 0.15) is 6.61 Å². The van der Waals surface area contributed by atoms with Gasteiger partial charge in [-0.2, -0.15) is 0 Å². The zero-order chi connectivity index (χ0) is 20.8. The van der Waals surface area contributed by atoms with E-state index in [1.54, 1.807) is 12.1 Å². The van der Waals surface area contributed by atoms with Gasteiger partial charge in [0.15, 0.2) is 5.78 Å². The zero-order valence-corrected chi connectivity index (χ0v) is 16.7. The van der Waals surface area contributed by atoms with Crippen molar-refractivity contribution in [3.05, 3.63) is 94.0 Å². The summed E-state index contributed by atoms with van der Waals surface area (Å²) in [4.78, 5) is 25.0. The Kier molecular flexibility index (Phi) is 4.59. The summed E-state index contributed by atoms with van der Waals surface area (Å²) < 4.78 is 31.3. The molecule has 1 aliphatic heterocycles. The maximum absolute atomic E-state index is 13.0. The summed E-state index contributed by atoms with van der Waals surface area (Å²) in [6.07, 6.45) is 0. The van der Waals surface area contributed by atoms with Crippen LogP contribution in [0.25, 0.3) is 0 Å². The summed E-state index contributed by atoms with van der Waals surface area (Å²) >= 11 is 0. The first kappa shape index (κ1) is 19.1. The van der Waals surface area contributed by atoms with Crippen molar-refractivity contribution in [2.24, 2.45) is 0 Å². The molecule has 0 fully saturated rings. The Hall–Kier alpha value is -3.25. The van der Waals surface area contributed by atoms with Crippen LogP contribution < -0.4 is 0 Å². The van der Waals surface area contributed by atoms with E-state index < -0.39 is 15.8 Å². The number of carbonyl (C=O) groups is 2. The molecule has 146 valence electrons. The van der Waals surface area contributed by atoms with Crippen LogP contribution in [0.1, 0.15) is 43.0 Å². The molecule has 5 nitrogen and oxygen atoms in total. The Bertz CT molecular complexity index is 1270. The first-order valence-corrected chi connectivity index (χ1v) is 10.5. The quantitative estimate of drug-likeness (QED) is 0.480. The molecule has 1 aliphatic rings. The minimum absolute atomic E-state index is 0.0431. The van der Waals surface area contributed by atoms with Crippen LogP contribution in [0, 0.1) is 13.8 Å². The van der Waals surface area contributed by atoms with Gasteiger partial charge in [0, 0.05) is 11.1 Å². The normalized spacial score (nSPS) is 14.1. The van der Waals surface area contributed by atoms with Crippen LogP contribution in [0.15, 0.2) is 70.5 Å². The lowest BCUT2D eigenvalue weighted by Crippen LogP contribution is -2.21. The number of hydrogen-bond acceptors (Lipinski definition) is 5. The summed E-state index contributed by atoms with van der Waals surface area (Å²) in [5.41, 5.74) is 3.23. The fraction of sp³-hybridized carbons (Fsp3) is 0.130. The van der Waals surface area contributed by atoms with Gasteiger partial charge in [-0.1, -0.05) is 35.9 Å². The number of fused-ring (bicyclic) bond motifs is 2. The number of carbonyl (C=O) groups excluding carboxylic acids is 2. The molecule has 4 rings (SSSR count). The third-order valence-corrected chi connectivity index (χ3v) is 6.89. The lowest BCUT2D eigenvalue weighted by molar-refractivity contribution is 0.0471. The van der Waals surface area contributed by atoms with E-state index in [1.807, 2.05) is 32.0 Å². The minimum atomic E-state index is -3.90. The van der Waals surface area contributed by atoms with Crippen molar-refractivity contribution in [1.29, 1.82) is 0 Å². The number of esters is 1. The largest absolute Gasteiger partial charge is 0.457 e. The number of hydrogen-bond donors (Lipinski definition) is 0. The SMILES string of the molecule is Cc1ccc(C)c(COC(=O)c2ccc3c(c2)S(=O)(=O)c2ccccc2C3=O)c1. The molecule has 3 aromatic rings. The molecule has 0 bridgehead atoms. The van der Waals surface area contributed by atoms with Gasteiger partial charge >= 0.3 is 5.97 Å². The molecule has 0 N–H and O–H groups in total. The number of sulfone groups is 1. The molecular weight excluding hydrogens is 388 g/mol. The summed E-state index contributed by atoms with van der Waals surface area (Å²) in [6.45, 7) is 3.96. The molecule has 29 heavy (non-hydrogen) atoms. The van der Waals surface area contributed by atoms with Crippen LogP contribution in [-0.4, -0.2) is 20.2 Å². The zero-order valence-electron chi connectivity index (χ0n) is 15.9. The second kappa shape index (κ2) is 6.97. The van der Waals surface area contributed by atoms with E-state index in [2.05, 4.69) is 0 Å². The molecule has 0 saturated carbocycles. The van der Waals surface area contributed by atoms with Crippen LogP contribution in [0.4, 0.5) is 0 Å². The number of ketones is 1. The fourth-order valence-corrected chi connectivity index (χ4v) is 5.07. The highest BCUT2D eigenvalue weighted by Gasteiger charge is 2.35. The Labute approximate surface area is 168 Å². The molecule has 3 aromatic carbocycles. The molecule has 0 radical (unpaired) electrons. The monoisotopic (exact) mass is 406 g/mol. The Morgan fingerprint density at radius 2 is 1.62 bits per heavy atom. The van der Waals surface area contributed by atoms with Crippen LogP contribution in [0.5, 0.6) is 0 Å². The van der Waals surface area contributed by atoms with Crippen molar-refractivity contribution in [2.45, 2.75) is 30.2 Å². The van der Waals surface area contributed by atoms with Gasteiger partial charge in [0.05, 0.1) is 15.4 Å². The van der Waals surface area contributed by atoms with E-state index in [1.165, 1.54) is 30.3 Å². The van der Waals surface area contributed by atoms with Crippen molar-refractivity contribution < 1.29 is 22.7 Å². The van der Waals surface area contributed by atoms with Crippen molar-refractivity contribution in [2.75, 3.05) is 0 Å². The van der Waals surface area contributed by atoms with Crippen molar-refractivity contribution >= 4 is 21.6 Å². The average Bonchev–Trinajstić information content (AvgIpc) is 2.72. The highest BCUT2D eigenvalue weighted by molar-refractivity contribution is 7.91. The highest BCUT2D eigenvalue weighted by atomic mass is 32.2. The molecule has 0 spiro atoms. The maximum Gasteiger partial charge on any atom is 0.338 e. The molecule has 0 atom stereocenters. The van der Waals surface area contributed by atoms with Crippen molar-refractivity contribution in [3.63, 3.8) is 0 Å². The van der Waals surface area contributed by atoms with E-state index in [4.69, 9.17) is 4.74 Å². The second-order valence-electron chi connectivity index (χ2n) is 7.05. The maximum atomic E-state index is 13.0. The van der Waals surface area contributed by atoms with Gasteiger partial charge in [-0.05, 0) is 55.3 Å². The molecule has 0 unspecified atom stereocenters. The number of rotatable bonds is 3. The van der Waals surface area contributed by atoms with E-state index >= 15 is 0 Å². The predicted molar refractivity (Wildman–Crippen MR) is 107 cm³/mol. The van der Waals surface area contributed by atoms with Gasteiger partial charge in [0.25, 0.3) is 0 Å². The standard InChI is InChI=1S/C23H18O5S/c1-14-7-8-15(2)17(11-14)13-28-23(25)16-9-10-19-21(12-16)29(26,27)20-6-4-3-5-18(20)22(19)24/h3-12H,13H2,1-2H3. The third-order valence-electron chi connectivity index (χ3n) is 5.04. The van der Waals surface area contributed by atoms with E-state index in [0.29, 0.717) is 0 Å². The summed E-state index contributed by atoms with van der Waals surface area (Å²) in [7, 11) is -3.90. The molecule has 6 heteroatoms. The Morgan fingerprint density at radius 1 is 0.897 bits per heavy atom. The number of ether oxygens (including phenoxy) is 1. The summed E-state index contributed by atoms with van der Waals surface area (Å²) in [5, 5.41) is 0. The Balaban J connectivity index is 1.66. The first-order valence-electron chi connectivity index (χ1n) is 9.05. The molecular formula is C23H18O5S. The smallest absolute Gasteiger partial charge is 0.338 e. The number of aryl methyl sites for hydroxylation is 2. The van der Waals surface area contributed by atoms with Gasteiger partial charge in [0.2, 0.25) is 9.84 Å². The van der Waals surface area contributed by atoms with E-state index in [9.17, 15) is 18.0 Å². The summed E-state index contributed by atoms with van der Waals surface area (Å²) in [5.74, 6) is -1.02. The van der Waals surface area contributed by atoms with Crippen LogP contribution in [-0.2, 0) is 21.2 Å². The molecule has 0 amide bonds. The highest BCUT2D eigenvalue weighted by Crippen LogP contribution is 2.34. The van der Waals surface area contributed by atoms with Crippen molar-refractivity contribution in [3.8, 4) is 0 Å². The lowest BCUT2D eigenvalue weighted by Gasteiger charge is -2.19. The fourth-order valence-electron chi connectivity index (χ4n) is 3.39. The molecule has 0 aromatic heterocycles. The minimum Gasteiger partial charge on any atom is -0.457 e. The molecule has 1 heterocycles. The van der Waals surface area contributed by atoms with Gasteiger partial charge in [-0.25, -0.2) is 13.2 Å². The first-order chi connectivity index (χ1) is 13.8. The predicted octanol–water partition coefficient (Wildman–Crippen LogP) is 4.04. The lowest BCUT2D eigenvalue weighted by atomic mass is 10.0. The number of benzene rings is 3. The second-order valence-corrected chi connectivity index (χ2v) is 8.93. The molecule has 0 saturated heterocycles. The van der Waals surface area contributed by atoms with Crippen LogP contribution in [0.2, 0.25) is 0 Å². The van der Waals surface area contributed by atoms with Gasteiger partial charge in [-0.3, -0.25) is 4.79 Å². The van der Waals surface area contributed by atoms with Crippen LogP contribution in [0.3, 0.4) is 0 Å². The molecule has 0 aliphatic carbocycles. The summed E-state index contributed by atoms with van der Waals surface area (Å²) in [6, 6.07) is 16.0. The third kappa shape index (κ3) is 3.25. The van der Waals surface area contributed by atoms with E-state index in [-0.39, 0.29) is 38.9 Å². The average molecular weight is 406 g/mol. The van der Waals surface area contributed by atoms with Crippen LogP contribution >= 0.6 is 0 Å². The van der Waals surface area contributed by atoms with E-state index in [0.717, 1.165) is 16.7 Å². The van der Waals surface area contributed by atoms with Gasteiger partial charge < -0.3 is 4.74 Å². The Morgan fingerprint density at radius 3 is 2.41 bits per heavy atom.